The topological polar surface area (TPSA) is 52.4 Å². The second-order valence-electron chi connectivity index (χ2n) is 9.08. The molecule has 5 nitrogen and oxygen atoms in total. The fourth-order valence-electron chi connectivity index (χ4n) is 6.08. The van der Waals surface area contributed by atoms with Crippen LogP contribution in [0.3, 0.4) is 0 Å². The van der Waals surface area contributed by atoms with Crippen LogP contribution >= 0.6 is 0 Å². The van der Waals surface area contributed by atoms with Crippen LogP contribution in [0.4, 0.5) is 5.82 Å². The highest BCUT2D eigenvalue weighted by Crippen LogP contribution is 2.43. The van der Waals surface area contributed by atoms with Crippen LogP contribution in [0.15, 0.2) is 42.5 Å². The molecule has 1 aromatic carbocycles. The monoisotopic (exact) mass is 402 g/mol. The Labute approximate surface area is 179 Å². The summed E-state index contributed by atoms with van der Waals surface area (Å²) >= 11 is 0. The molecule has 3 aliphatic heterocycles. The average Bonchev–Trinajstić information content (AvgIpc) is 2.82. The Hall–Kier alpha value is -2.58. The van der Waals surface area contributed by atoms with Gasteiger partial charge in [-0.1, -0.05) is 24.6 Å². The Morgan fingerprint density at radius 3 is 2.87 bits per heavy atom. The number of aromatic nitrogens is 1. The summed E-state index contributed by atoms with van der Waals surface area (Å²) in [6, 6.07) is 17.8. The number of hydrogen-bond donors (Lipinski definition) is 0. The third-order valence-corrected chi connectivity index (χ3v) is 7.37. The van der Waals surface area contributed by atoms with E-state index in [-0.39, 0.29) is 0 Å². The molecule has 5 rings (SSSR count). The van der Waals surface area contributed by atoms with Crippen molar-refractivity contribution in [2.75, 3.05) is 31.6 Å². The summed E-state index contributed by atoms with van der Waals surface area (Å²) in [6.45, 7) is 3.32. The third kappa shape index (κ3) is 3.65. The molecule has 4 heterocycles. The predicted molar refractivity (Wildman–Crippen MR) is 118 cm³/mol. The molecule has 0 radical (unpaired) electrons. The lowest BCUT2D eigenvalue weighted by Gasteiger charge is -2.57. The van der Waals surface area contributed by atoms with Gasteiger partial charge in [-0.05, 0) is 73.9 Å². The van der Waals surface area contributed by atoms with Crippen molar-refractivity contribution >= 4 is 5.82 Å². The zero-order valence-electron chi connectivity index (χ0n) is 17.7. The SMILES string of the molecule is COc1cccc(C[C@H]2[C@H]3C[C@H](CN(c4cccc(C#N)n4)C3)[C@@H]3CCCCN32)c1. The molecule has 0 spiro atoms. The number of piperidine rings is 3. The van der Waals surface area contributed by atoms with Gasteiger partial charge in [0.15, 0.2) is 0 Å². The van der Waals surface area contributed by atoms with E-state index in [0.29, 0.717) is 29.6 Å². The number of methoxy groups -OCH3 is 1. The summed E-state index contributed by atoms with van der Waals surface area (Å²) in [7, 11) is 1.74. The molecule has 0 N–H and O–H groups in total. The number of nitriles is 1. The summed E-state index contributed by atoms with van der Waals surface area (Å²) in [4.78, 5) is 9.91. The largest absolute Gasteiger partial charge is 0.497 e. The highest BCUT2D eigenvalue weighted by Gasteiger charge is 2.47. The van der Waals surface area contributed by atoms with Crippen molar-refractivity contribution in [3.8, 4) is 11.8 Å². The Morgan fingerprint density at radius 2 is 2.00 bits per heavy atom. The summed E-state index contributed by atoms with van der Waals surface area (Å²) in [5, 5.41) is 9.28. The van der Waals surface area contributed by atoms with E-state index < -0.39 is 0 Å². The molecule has 1 aromatic heterocycles. The summed E-state index contributed by atoms with van der Waals surface area (Å²) in [5.41, 5.74) is 1.87. The van der Waals surface area contributed by atoms with E-state index in [4.69, 9.17) is 4.74 Å². The van der Waals surface area contributed by atoms with Crippen LogP contribution < -0.4 is 9.64 Å². The fourth-order valence-corrected chi connectivity index (χ4v) is 6.08. The normalized spacial score (nSPS) is 28.5. The van der Waals surface area contributed by atoms with Crippen LogP contribution in [0.1, 0.15) is 36.9 Å². The molecule has 0 amide bonds. The molecule has 5 heteroatoms. The molecule has 2 bridgehead atoms. The van der Waals surface area contributed by atoms with Crippen LogP contribution in [0, 0.1) is 23.2 Å². The van der Waals surface area contributed by atoms with Gasteiger partial charge in [-0.3, -0.25) is 4.90 Å². The first-order valence-electron chi connectivity index (χ1n) is 11.3. The number of nitrogens with zero attached hydrogens (tertiary/aromatic N) is 4. The molecule has 3 fully saturated rings. The van der Waals surface area contributed by atoms with Gasteiger partial charge in [0.05, 0.1) is 7.11 Å². The average molecular weight is 403 g/mol. The Bertz CT molecular complexity index is 939. The van der Waals surface area contributed by atoms with Crippen molar-refractivity contribution in [3.05, 3.63) is 53.7 Å². The molecule has 30 heavy (non-hydrogen) atoms. The number of ether oxygens (including phenoxy) is 1. The van der Waals surface area contributed by atoms with Gasteiger partial charge in [-0.2, -0.15) is 5.26 Å². The van der Waals surface area contributed by atoms with Gasteiger partial charge in [0.2, 0.25) is 0 Å². The predicted octanol–water partition coefficient (Wildman–Crippen LogP) is 3.88. The highest BCUT2D eigenvalue weighted by atomic mass is 16.5. The minimum atomic E-state index is 0.510. The zero-order chi connectivity index (χ0) is 20.5. The number of hydrogen-bond acceptors (Lipinski definition) is 5. The van der Waals surface area contributed by atoms with Crippen molar-refractivity contribution in [2.45, 2.75) is 44.2 Å². The first kappa shape index (κ1) is 19.4. The summed E-state index contributed by atoms with van der Waals surface area (Å²) in [6.07, 6.45) is 6.36. The number of rotatable bonds is 4. The van der Waals surface area contributed by atoms with E-state index in [0.717, 1.165) is 31.1 Å². The van der Waals surface area contributed by atoms with Gasteiger partial charge in [0, 0.05) is 25.2 Å². The number of fused-ring (bicyclic) bond motifs is 4. The maximum atomic E-state index is 9.28. The van der Waals surface area contributed by atoms with E-state index in [1.807, 2.05) is 12.1 Å². The molecule has 0 saturated carbocycles. The number of pyridine rings is 1. The van der Waals surface area contributed by atoms with Crippen LogP contribution in [0.2, 0.25) is 0 Å². The lowest BCUT2D eigenvalue weighted by molar-refractivity contribution is -0.0318. The van der Waals surface area contributed by atoms with Gasteiger partial charge in [0.25, 0.3) is 0 Å². The smallest absolute Gasteiger partial charge is 0.142 e. The molecule has 156 valence electrons. The molecule has 3 aliphatic rings. The Balaban J connectivity index is 1.43. The van der Waals surface area contributed by atoms with E-state index in [2.05, 4.69) is 45.1 Å². The van der Waals surface area contributed by atoms with Gasteiger partial charge < -0.3 is 9.64 Å². The molecule has 2 aromatic rings. The fraction of sp³-hybridized carbons (Fsp3) is 0.520. The first-order chi connectivity index (χ1) is 14.7. The van der Waals surface area contributed by atoms with E-state index in [9.17, 15) is 5.26 Å². The van der Waals surface area contributed by atoms with Crippen molar-refractivity contribution in [1.29, 1.82) is 5.26 Å². The van der Waals surface area contributed by atoms with Crippen LogP contribution in [0.25, 0.3) is 0 Å². The number of benzene rings is 1. The molecular weight excluding hydrogens is 372 g/mol. The standard InChI is InChI=1S/C25H30N4O/c1-30-22-8-4-6-18(12-22)13-24-20-14-19(23-9-2-3-11-29(23)24)16-28(17-20)25-10-5-7-21(15-26)27-25/h4-8,10,12,19-20,23-24H,2-3,9,11,13-14,16-17H2,1H3/t19-,20+,23+,24+/m1/s1. The third-order valence-electron chi connectivity index (χ3n) is 7.37. The summed E-state index contributed by atoms with van der Waals surface area (Å²) < 4.78 is 5.47. The summed E-state index contributed by atoms with van der Waals surface area (Å²) in [5.74, 6) is 3.22. The molecule has 3 saturated heterocycles. The zero-order valence-corrected chi connectivity index (χ0v) is 17.7. The van der Waals surface area contributed by atoms with Crippen molar-refractivity contribution in [3.63, 3.8) is 0 Å². The first-order valence-corrected chi connectivity index (χ1v) is 11.3. The maximum absolute atomic E-state index is 9.28. The van der Waals surface area contributed by atoms with E-state index >= 15 is 0 Å². The van der Waals surface area contributed by atoms with Crippen LogP contribution in [0.5, 0.6) is 5.75 Å². The van der Waals surface area contributed by atoms with Gasteiger partial charge >= 0.3 is 0 Å². The second-order valence-corrected chi connectivity index (χ2v) is 9.08. The number of anilines is 1. The second kappa shape index (κ2) is 8.28. The maximum Gasteiger partial charge on any atom is 0.142 e. The van der Waals surface area contributed by atoms with E-state index in [1.54, 1.807) is 13.2 Å². The molecule has 4 atom stereocenters. The lowest BCUT2D eigenvalue weighted by atomic mass is 9.71. The van der Waals surface area contributed by atoms with E-state index in [1.165, 1.54) is 37.8 Å². The highest BCUT2D eigenvalue weighted by molar-refractivity contribution is 5.43. The molecule has 0 aliphatic carbocycles. The van der Waals surface area contributed by atoms with Gasteiger partial charge in [0.1, 0.15) is 23.3 Å². The minimum Gasteiger partial charge on any atom is -0.497 e. The lowest BCUT2D eigenvalue weighted by Crippen LogP contribution is -2.64. The van der Waals surface area contributed by atoms with Crippen molar-refractivity contribution in [2.24, 2.45) is 11.8 Å². The molecule has 0 unspecified atom stereocenters. The Kier molecular flexibility index (Phi) is 5.35. The van der Waals surface area contributed by atoms with Crippen molar-refractivity contribution in [1.82, 2.24) is 9.88 Å². The van der Waals surface area contributed by atoms with Crippen molar-refractivity contribution < 1.29 is 4.74 Å². The van der Waals surface area contributed by atoms with Gasteiger partial charge in [-0.25, -0.2) is 4.98 Å². The quantitative estimate of drug-likeness (QED) is 0.777. The molecular formula is C25H30N4O. The van der Waals surface area contributed by atoms with Crippen LogP contribution in [-0.2, 0) is 6.42 Å². The van der Waals surface area contributed by atoms with Crippen LogP contribution in [-0.4, -0.2) is 48.7 Å². The minimum absolute atomic E-state index is 0.510. The van der Waals surface area contributed by atoms with Gasteiger partial charge in [-0.15, -0.1) is 0 Å². The Morgan fingerprint density at radius 1 is 1.13 bits per heavy atom.